The highest BCUT2D eigenvalue weighted by Gasteiger charge is 2.36. The molecule has 2 fully saturated rings. The highest BCUT2D eigenvalue weighted by atomic mass is 35.5. The van der Waals surface area contributed by atoms with Crippen LogP contribution < -0.4 is 16.0 Å². The Labute approximate surface area is 126 Å². The molecular formula is C13H15ClN4O3. The van der Waals surface area contributed by atoms with Crippen molar-refractivity contribution in [1.82, 2.24) is 10.2 Å². The van der Waals surface area contributed by atoms with Gasteiger partial charge >= 0.3 is 12.0 Å². The zero-order valence-corrected chi connectivity index (χ0v) is 11.9. The van der Waals surface area contributed by atoms with Gasteiger partial charge in [-0.3, -0.25) is 0 Å². The summed E-state index contributed by atoms with van der Waals surface area (Å²) < 4.78 is 0. The molecule has 1 aromatic rings. The third-order valence-electron chi connectivity index (χ3n) is 3.86. The van der Waals surface area contributed by atoms with Gasteiger partial charge in [0.05, 0.1) is 22.3 Å². The first kappa shape index (κ1) is 13.8. The van der Waals surface area contributed by atoms with E-state index in [-0.39, 0.29) is 17.6 Å². The first-order valence-corrected chi connectivity index (χ1v) is 6.97. The van der Waals surface area contributed by atoms with E-state index in [1.165, 1.54) is 6.07 Å². The van der Waals surface area contributed by atoms with E-state index in [0.717, 1.165) is 0 Å². The quantitative estimate of drug-likeness (QED) is 0.703. The summed E-state index contributed by atoms with van der Waals surface area (Å²) in [5.41, 5.74) is 6.55. The fourth-order valence-corrected chi connectivity index (χ4v) is 3.26. The lowest BCUT2D eigenvalue weighted by atomic mass is 10.1. The summed E-state index contributed by atoms with van der Waals surface area (Å²) in [6.07, 6.45) is 0. The number of anilines is 2. The molecule has 4 N–H and O–H groups in total. The number of nitrogens with one attached hydrogen (secondary N) is 1. The molecule has 2 aliphatic rings. The molecule has 0 spiro atoms. The zero-order valence-electron chi connectivity index (χ0n) is 11.2. The van der Waals surface area contributed by atoms with E-state index < -0.39 is 5.97 Å². The van der Waals surface area contributed by atoms with E-state index in [2.05, 4.69) is 5.32 Å². The van der Waals surface area contributed by atoms with Crippen molar-refractivity contribution in [3.8, 4) is 0 Å². The third kappa shape index (κ3) is 2.33. The van der Waals surface area contributed by atoms with Crippen molar-refractivity contribution in [1.29, 1.82) is 0 Å². The number of carboxylic acid groups (broad SMARTS) is 1. The van der Waals surface area contributed by atoms with Gasteiger partial charge in [0.15, 0.2) is 0 Å². The number of rotatable bonds is 2. The second-order valence-corrected chi connectivity index (χ2v) is 5.59. The molecule has 0 aliphatic carbocycles. The van der Waals surface area contributed by atoms with Crippen LogP contribution in [-0.4, -0.2) is 54.2 Å². The maximum absolute atomic E-state index is 11.6. The molecule has 112 valence electrons. The molecule has 0 bridgehead atoms. The molecular weight excluding hydrogens is 296 g/mol. The fourth-order valence-electron chi connectivity index (χ4n) is 2.91. The number of hydrogen-bond donors (Lipinski definition) is 3. The van der Waals surface area contributed by atoms with E-state index in [1.807, 2.05) is 4.90 Å². The Morgan fingerprint density at radius 1 is 1.43 bits per heavy atom. The third-order valence-corrected chi connectivity index (χ3v) is 4.15. The molecule has 0 saturated carbocycles. The average Bonchev–Trinajstić information content (AvgIpc) is 2.79. The van der Waals surface area contributed by atoms with Crippen LogP contribution in [0.3, 0.4) is 0 Å². The lowest BCUT2D eigenvalue weighted by molar-refractivity contribution is 0.0697. The Balaban J connectivity index is 1.94. The van der Waals surface area contributed by atoms with Crippen molar-refractivity contribution in [2.45, 2.75) is 6.04 Å². The molecule has 1 aromatic carbocycles. The standard InChI is InChI=1S/C13H15ClN4O3/c14-10-4-7(15)3-9(12(19)20)11(10)17-1-2-18-8(6-17)5-16-13(18)21/h3-4,8H,1-2,5-6,15H2,(H,16,21)(H,19,20). The fraction of sp³-hybridized carbons (Fsp3) is 0.385. The van der Waals surface area contributed by atoms with E-state index in [0.29, 0.717) is 42.6 Å². The Bertz CT molecular complexity index is 622. The van der Waals surface area contributed by atoms with Crippen molar-refractivity contribution in [3.05, 3.63) is 22.7 Å². The summed E-state index contributed by atoms with van der Waals surface area (Å²) in [7, 11) is 0. The molecule has 0 radical (unpaired) electrons. The van der Waals surface area contributed by atoms with Crippen LogP contribution >= 0.6 is 11.6 Å². The van der Waals surface area contributed by atoms with E-state index in [9.17, 15) is 14.7 Å². The van der Waals surface area contributed by atoms with Crippen LogP contribution in [0, 0.1) is 0 Å². The molecule has 1 atom stereocenters. The molecule has 8 heteroatoms. The van der Waals surface area contributed by atoms with Crippen molar-refractivity contribution < 1.29 is 14.7 Å². The number of amides is 2. The average molecular weight is 311 g/mol. The number of nitrogens with two attached hydrogens (primary N) is 1. The zero-order chi connectivity index (χ0) is 15.1. The molecule has 3 rings (SSSR count). The van der Waals surface area contributed by atoms with Gasteiger partial charge in [0.25, 0.3) is 0 Å². The lowest BCUT2D eigenvalue weighted by Gasteiger charge is -2.38. The number of carbonyl (C=O) groups is 2. The van der Waals surface area contributed by atoms with Crippen LogP contribution in [0.4, 0.5) is 16.2 Å². The molecule has 2 amide bonds. The second-order valence-electron chi connectivity index (χ2n) is 5.18. The normalized spacial score (nSPS) is 21.2. The predicted molar refractivity (Wildman–Crippen MR) is 78.9 cm³/mol. The summed E-state index contributed by atoms with van der Waals surface area (Å²) in [5.74, 6) is -1.07. The maximum atomic E-state index is 11.6. The highest BCUT2D eigenvalue weighted by molar-refractivity contribution is 6.34. The number of nitrogens with zero attached hydrogens (tertiary/aromatic N) is 2. The number of piperazine rings is 1. The number of carboxylic acids is 1. The number of halogens is 1. The van der Waals surface area contributed by atoms with Crippen LogP contribution in [-0.2, 0) is 0 Å². The number of nitrogen functional groups attached to an aromatic ring is 1. The van der Waals surface area contributed by atoms with Crippen LogP contribution in [0.25, 0.3) is 0 Å². The predicted octanol–water partition coefficient (Wildman–Crippen LogP) is 0.834. The summed E-state index contributed by atoms with van der Waals surface area (Å²) in [5, 5.41) is 12.5. The molecule has 0 aromatic heterocycles. The Morgan fingerprint density at radius 2 is 2.19 bits per heavy atom. The Morgan fingerprint density at radius 3 is 2.90 bits per heavy atom. The summed E-state index contributed by atoms with van der Waals surface area (Å²) in [4.78, 5) is 26.7. The first-order chi connectivity index (χ1) is 9.97. The largest absolute Gasteiger partial charge is 0.478 e. The molecule has 21 heavy (non-hydrogen) atoms. The minimum absolute atomic E-state index is 0.0292. The lowest BCUT2D eigenvalue weighted by Crippen LogP contribution is -2.52. The van der Waals surface area contributed by atoms with Gasteiger partial charge < -0.3 is 26.0 Å². The van der Waals surface area contributed by atoms with Crippen molar-refractivity contribution in [2.24, 2.45) is 0 Å². The van der Waals surface area contributed by atoms with Gasteiger partial charge in [-0.15, -0.1) is 0 Å². The SMILES string of the molecule is Nc1cc(Cl)c(N2CCN3C(=O)NCC3C2)c(C(=O)O)c1. The van der Waals surface area contributed by atoms with Crippen molar-refractivity contribution in [3.63, 3.8) is 0 Å². The molecule has 2 heterocycles. The minimum atomic E-state index is -1.07. The van der Waals surface area contributed by atoms with Gasteiger partial charge in [0, 0.05) is 31.9 Å². The van der Waals surface area contributed by atoms with E-state index >= 15 is 0 Å². The maximum Gasteiger partial charge on any atom is 0.337 e. The molecule has 7 nitrogen and oxygen atoms in total. The van der Waals surface area contributed by atoms with Gasteiger partial charge in [0.1, 0.15) is 0 Å². The Kier molecular flexibility index (Phi) is 3.29. The van der Waals surface area contributed by atoms with E-state index in [4.69, 9.17) is 17.3 Å². The second kappa shape index (κ2) is 5.00. The number of carbonyl (C=O) groups excluding carboxylic acids is 1. The number of urea groups is 1. The van der Waals surface area contributed by atoms with Crippen LogP contribution in [0.2, 0.25) is 5.02 Å². The van der Waals surface area contributed by atoms with Crippen LogP contribution in [0.5, 0.6) is 0 Å². The van der Waals surface area contributed by atoms with Gasteiger partial charge in [-0.25, -0.2) is 9.59 Å². The summed E-state index contributed by atoms with van der Waals surface area (Å²) in [6.45, 7) is 2.18. The topological polar surface area (TPSA) is 98.9 Å². The van der Waals surface area contributed by atoms with Gasteiger partial charge in [-0.2, -0.15) is 0 Å². The smallest absolute Gasteiger partial charge is 0.337 e. The molecule has 2 saturated heterocycles. The number of fused-ring (bicyclic) bond motifs is 1. The Hall–Kier alpha value is -2.15. The number of hydrogen-bond acceptors (Lipinski definition) is 4. The van der Waals surface area contributed by atoms with Gasteiger partial charge in [0.2, 0.25) is 0 Å². The van der Waals surface area contributed by atoms with Gasteiger partial charge in [-0.1, -0.05) is 11.6 Å². The highest BCUT2D eigenvalue weighted by Crippen LogP contribution is 2.34. The minimum Gasteiger partial charge on any atom is -0.478 e. The van der Waals surface area contributed by atoms with Crippen LogP contribution in [0.15, 0.2) is 12.1 Å². The summed E-state index contributed by atoms with van der Waals surface area (Å²) >= 11 is 6.20. The van der Waals surface area contributed by atoms with Crippen molar-refractivity contribution in [2.75, 3.05) is 36.8 Å². The van der Waals surface area contributed by atoms with E-state index in [1.54, 1.807) is 11.0 Å². The van der Waals surface area contributed by atoms with Crippen molar-refractivity contribution >= 4 is 35.0 Å². The molecule has 1 unspecified atom stereocenters. The van der Waals surface area contributed by atoms with Gasteiger partial charge in [-0.05, 0) is 12.1 Å². The monoisotopic (exact) mass is 310 g/mol. The first-order valence-electron chi connectivity index (χ1n) is 6.59. The number of benzene rings is 1. The number of aromatic carboxylic acids is 1. The molecule has 2 aliphatic heterocycles. The van der Waals surface area contributed by atoms with Crippen LogP contribution in [0.1, 0.15) is 10.4 Å². The summed E-state index contributed by atoms with van der Waals surface area (Å²) in [6, 6.07) is 2.92.